The summed E-state index contributed by atoms with van der Waals surface area (Å²) >= 11 is 0. The van der Waals surface area contributed by atoms with Crippen LogP contribution < -0.4 is 10.6 Å². The van der Waals surface area contributed by atoms with Crippen LogP contribution in [-0.2, 0) is 14.3 Å². The number of ether oxygens (including phenoxy) is 2. The quantitative estimate of drug-likeness (QED) is 0.431. The van der Waals surface area contributed by atoms with Gasteiger partial charge in [-0.15, -0.1) is 0 Å². The van der Waals surface area contributed by atoms with Gasteiger partial charge in [0.15, 0.2) is 5.96 Å². The Bertz CT molecular complexity index is 544. The average molecular weight is 412 g/mol. The summed E-state index contributed by atoms with van der Waals surface area (Å²) in [6, 6.07) is 0.270. The van der Waals surface area contributed by atoms with E-state index in [1.165, 1.54) is 0 Å². The lowest BCUT2D eigenvalue weighted by Gasteiger charge is -2.60. The van der Waals surface area contributed by atoms with Crippen LogP contribution in [0.2, 0.25) is 0 Å². The zero-order valence-electron chi connectivity index (χ0n) is 19.2. The van der Waals surface area contributed by atoms with Crippen molar-refractivity contribution in [2.24, 2.45) is 16.3 Å². The topological polar surface area (TPSA) is 78.4 Å². The van der Waals surface area contributed by atoms with Crippen LogP contribution in [0.25, 0.3) is 0 Å². The molecule has 0 aromatic carbocycles. The number of hydrogen-bond acceptors (Lipinski definition) is 5. The average Bonchev–Trinajstić information content (AvgIpc) is 2.73. The Morgan fingerprint density at radius 1 is 1.28 bits per heavy atom. The first-order valence-electron chi connectivity index (χ1n) is 11.0. The van der Waals surface area contributed by atoms with E-state index in [1.54, 1.807) is 19.0 Å². The second-order valence-corrected chi connectivity index (χ2v) is 8.41. The number of carbonyl (C=O) groups is 1. The normalized spacial score (nSPS) is 27.2. The number of rotatable bonds is 9. The molecule has 0 spiro atoms. The Kier molecular flexibility index (Phi) is 9.17. The van der Waals surface area contributed by atoms with Crippen LogP contribution in [-0.4, -0.2) is 101 Å². The Morgan fingerprint density at radius 2 is 1.93 bits per heavy atom. The minimum atomic E-state index is -0.00653. The van der Waals surface area contributed by atoms with E-state index in [1.807, 2.05) is 7.11 Å². The molecule has 8 heteroatoms. The summed E-state index contributed by atoms with van der Waals surface area (Å²) in [6.07, 6.45) is 2.33. The van der Waals surface area contributed by atoms with Crippen LogP contribution in [0.1, 0.15) is 33.6 Å². The third kappa shape index (κ3) is 5.61. The number of methoxy groups -OCH3 is 1. The summed E-state index contributed by atoms with van der Waals surface area (Å²) in [5, 5.41) is 7.08. The van der Waals surface area contributed by atoms with E-state index in [4.69, 9.17) is 9.47 Å². The van der Waals surface area contributed by atoms with Crippen molar-refractivity contribution in [3.05, 3.63) is 0 Å². The molecular formula is C21H41N5O3. The molecule has 1 saturated heterocycles. The molecule has 0 aromatic rings. The first-order valence-corrected chi connectivity index (χ1v) is 11.0. The zero-order valence-corrected chi connectivity index (χ0v) is 19.2. The highest BCUT2D eigenvalue weighted by Gasteiger charge is 2.58. The summed E-state index contributed by atoms with van der Waals surface area (Å²) in [5.74, 6) is 1.09. The fourth-order valence-electron chi connectivity index (χ4n) is 4.84. The van der Waals surface area contributed by atoms with Crippen LogP contribution >= 0.6 is 0 Å². The molecule has 1 aliphatic carbocycles. The highest BCUT2D eigenvalue weighted by atomic mass is 16.5. The standard InChI is InChI=1S/C21H41N5O3/c1-7-21(8-2)18(16(3)19(21)28-6)24-20(23-15-17(27)25(4)5)22-9-10-26-11-13-29-14-12-26/h16,18-19H,7-15H2,1-6H3,(H2,22,23,24). The van der Waals surface area contributed by atoms with Crippen LogP contribution in [0.5, 0.6) is 0 Å². The van der Waals surface area contributed by atoms with Crippen molar-refractivity contribution < 1.29 is 14.3 Å². The van der Waals surface area contributed by atoms with E-state index in [0.29, 0.717) is 11.9 Å². The van der Waals surface area contributed by atoms with E-state index in [2.05, 4.69) is 41.3 Å². The lowest BCUT2D eigenvalue weighted by atomic mass is 9.53. The van der Waals surface area contributed by atoms with Gasteiger partial charge in [-0.2, -0.15) is 0 Å². The largest absolute Gasteiger partial charge is 0.380 e. The maximum atomic E-state index is 12.1. The van der Waals surface area contributed by atoms with Crippen molar-refractivity contribution in [2.45, 2.75) is 45.8 Å². The van der Waals surface area contributed by atoms with E-state index in [0.717, 1.165) is 52.2 Å². The molecule has 1 heterocycles. The van der Waals surface area contributed by atoms with Crippen molar-refractivity contribution in [3.63, 3.8) is 0 Å². The van der Waals surface area contributed by atoms with Crippen molar-refractivity contribution in [1.82, 2.24) is 20.4 Å². The van der Waals surface area contributed by atoms with Gasteiger partial charge in [-0.25, -0.2) is 4.99 Å². The third-order valence-corrected chi connectivity index (χ3v) is 6.75. The number of aliphatic imine (C=N–C) groups is 1. The van der Waals surface area contributed by atoms with Gasteiger partial charge in [-0.05, 0) is 12.8 Å². The van der Waals surface area contributed by atoms with Gasteiger partial charge >= 0.3 is 0 Å². The molecule has 168 valence electrons. The molecule has 1 saturated carbocycles. The van der Waals surface area contributed by atoms with Crippen LogP contribution in [0.4, 0.5) is 0 Å². The number of morpholine rings is 1. The minimum Gasteiger partial charge on any atom is -0.380 e. The van der Waals surface area contributed by atoms with Gasteiger partial charge in [0.1, 0.15) is 6.54 Å². The first kappa shape index (κ1) is 23.9. The zero-order chi connectivity index (χ0) is 21.4. The maximum Gasteiger partial charge on any atom is 0.243 e. The highest BCUT2D eigenvalue weighted by molar-refractivity contribution is 5.85. The molecule has 0 bridgehead atoms. The van der Waals surface area contributed by atoms with Gasteiger partial charge in [0.05, 0.1) is 19.3 Å². The molecule has 1 aliphatic heterocycles. The van der Waals surface area contributed by atoms with Gasteiger partial charge in [-0.3, -0.25) is 9.69 Å². The predicted octanol–water partition coefficient (Wildman–Crippen LogP) is 0.782. The number of guanidine groups is 1. The van der Waals surface area contributed by atoms with Crippen LogP contribution in [0.15, 0.2) is 4.99 Å². The van der Waals surface area contributed by atoms with E-state index in [9.17, 15) is 4.79 Å². The molecule has 2 fully saturated rings. The lowest BCUT2D eigenvalue weighted by molar-refractivity contribution is -0.163. The Morgan fingerprint density at radius 3 is 2.48 bits per heavy atom. The van der Waals surface area contributed by atoms with Crippen LogP contribution in [0.3, 0.4) is 0 Å². The number of likely N-dealkylation sites (N-methyl/N-ethyl adjacent to an activating group) is 1. The SMILES string of the molecule is CCC1(CC)C(NC(=NCC(=O)N(C)C)NCCN2CCOCC2)C(C)C1OC. The second kappa shape index (κ2) is 11.1. The second-order valence-electron chi connectivity index (χ2n) is 8.41. The molecule has 2 rings (SSSR count). The number of carbonyl (C=O) groups excluding carboxylic acids is 1. The molecule has 8 nitrogen and oxygen atoms in total. The molecule has 0 aromatic heterocycles. The van der Waals surface area contributed by atoms with E-state index < -0.39 is 0 Å². The van der Waals surface area contributed by atoms with Crippen molar-refractivity contribution in [2.75, 3.05) is 67.1 Å². The van der Waals surface area contributed by atoms with Gasteiger partial charge in [0.25, 0.3) is 0 Å². The Hall–Kier alpha value is -1.38. The van der Waals surface area contributed by atoms with E-state index >= 15 is 0 Å². The number of amides is 1. The van der Waals surface area contributed by atoms with Gasteiger partial charge in [0.2, 0.25) is 5.91 Å². The third-order valence-electron chi connectivity index (χ3n) is 6.75. The highest BCUT2D eigenvalue weighted by Crippen LogP contribution is 2.52. The maximum absolute atomic E-state index is 12.1. The Balaban J connectivity index is 2.03. The Labute approximate surface area is 176 Å². The monoisotopic (exact) mass is 411 g/mol. The molecule has 2 N–H and O–H groups in total. The van der Waals surface area contributed by atoms with Crippen molar-refractivity contribution in [3.8, 4) is 0 Å². The summed E-state index contributed by atoms with van der Waals surface area (Å²) in [5.41, 5.74) is 0.0897. The number of nitrogens with zero attached hydrogens (tertiary/aromatic N) is 3. The fourth-order valence-corrected chi connectivity index (χ4v) is 4.84. The lowest BCUT2D eigenvalue weighted by Crippen LogP contribution is -2.71. The molecule has 3 unspecified atom stereocenters. The van der Waals surface area contributed by atoms with Crippen molar-refractivity contribution in [1.29, 1.82) is 0 Å². The van der Waals surface area contributed by atoms with Crippen LogP contribution in [0, 0.1) is 11.3 Å². The molecule has 29 heavy (non-hydrogen) atoms. The summed E-state index contributed by atoms with van der Waals surface area (Å²) in [6.45, 7) is 12.1. The predicted molar refractivity (Wildman–Crippen MR) is 116 cm³/mol. The van der Waals surface area contributed by atoms with E-state index in [-0.39, 0.29) is 30.0 Å². The molecule has 0 radical (unpaired) electrons. The summed E-state index contributed by atoms with van der Waals surface area (Å²) in [7, 11) is 5.32. The minimum absolute atomic E-state index is 0.00653. The fraction of sp³-hybridized carbons (Fsp3) is 0.905. The van der Waals surface area contributed by atoms with Gasteiger partial charge in [-0.1, -0.05) is 20.8 Å². The molecule has 3 atom stereocenters. The number of nitrogens with one attached hydrogen (secondary N) is 2. The van der Waals surface area contributed by atoms with Gasteiger partial charge in [0, 0.05) is 64.8 Å². The molecular weight excluding hydrogens is 370 g/mol. The summed E-state index contributed by atoms with van der Waals surface area (Å²) in [4.78, 5) is 20.6. The first-order chi connectivity index (χ1) is 13.9. The molecule has 1 amide bonds. The van der Waals surface area contributed by atoms with Gasteiger partial charge < -0.3 is 25.0 Å². The smallest absolute Gasteiger partial charge is 0.243 e. The van der Waals surface area contributed by atoms with Crippen molar-refractivity contribution >= 4 is 11.9 Å². The molecule has 2 aliphatic rings. The number of hydrogen-bond donors (Lipinski definition) is 2. The summed E-state index contributed by atoms with van der Waals surface area (Å²) < 4.78 is 11.2.